The van der Waals surface area contributed by atoms with Gasteiger partial charge in [0.2, 0.25) is 11.8 Å². The van der Waals surface area contributed by atoms with Crippen molar-refractivity contribution in [3.8, 4) is 0 Å². The smallest absolute Gasteiger partial charge is 0.244 e. The van der Waals surface area contributed by atoms with Crippen LogP contribution in [0.5, 0.6) is 0 Å². The highest BCUT2D eigenvalue weighted by Gasteiger charge is 2.35. The Morgan fingerprint density at radius 3 is 2.38 bits per heavy atom. The zero-order valence-electron chi connectivity index (χ0n) is 12.2. The second-order valence-electron chi connectivity index (χ2n) is 5.85. The minimum Gasteiger partial charge on any atom is -0.339 e. The highest BCUT2D eigenvalue weighted by atomic mass is 16.2. The molecule has 1 aromatic rings. The van der Waals surface area contributed by atoms with E-state index in [0.717, 1.165) is 18.4 Å². The number of nitrogens with two attached hydrogens (primary N) is 1. The lowest BCUT2D eigenvalue weighted by Crippen LogP contribution is -2.52. The first-order valence-electron chi connectivity index (χ1n) is 7.38. The van der Waals surface area contributed by atoms with Crippen molar-refractivity contribution in [2.24, 2.45) is 18.7 Å². The summed E-state index contributed by atoms with van der Waals surface area (Å²) in [6.07, 6.45) is 5.42. The van der Waals surface area contributed by atoms with E-state index >= 15 is 0 Å². The van der Waals surface area contributed by atoms with Gasteiger partial charge < -0.3 is 15.5 Å². The summed E-state index contributed by atoms with van der Waals surface area (Å²) in [5.41, 5.74) is 6.73. The van der Waals surface area contributed by atoms with Crippen molar-refractivity contribution >= 4 is 11.8 Å². The number of carbonyl (C=O) groups is 2. The summed E-state index contributed by atoms with van der Waals surface area (Å²) >= 11 is 0. The van der Waals surface area contributed by atoms with Gasteiger partial charge in [-0.05, 0) is 12.8 Å². The van der Waals surface area contributed by atoms with Crippen molar-refractivity contribution in [3.05, 3.63) is 18.0 Å². The molecular weight excluding hydrogens is 270 g/mol. The Bertz CT molecular complexity index is 543. The zero-order valence-corrected chi connectivity index (χ0v) is 12.2. The second kappa shape index (κ2) is 5.48. The van der Waals surface area contributed by atoms with Crippen molar-refractivity contribution < 1.29 is 9.59 Å². The lowest BCUT2D eigenvalue weighted by atomic mass is 10.1. The Labute approximate surface area is 123 Å². The normalized spacial score (nSPS) is 20.5. The van der Waals surface area contributed by atoms with Gasteiger partial charge in [-0.25, -0.2) is 0 Å². The fourth-order valence-corrected chi connectivity index (χ4v) is 2.68. The molecule has 1 saturated heterocycles. The monoisotopic (exact) mass is 291 g/mol. The lowest BCUT2D eigenvalue weighted by molar-refractivity contribution is -0.141. The van der Waals surface area contributed by atoms with Crippen LogP contribution in [0.4, 0.5) is 0 Å². The summed E-state index contributed by atoms with van der Waals surface area (Å²) in [5.74, 6) is 0.394. The maximum absolute atomic E-state index is 12.4. The molecule has 7 nitrogen and oxygen atoms in total. The fourth-order valence-electron chi connectivity index (χ4n) is 2.68. The molecule has 2 N–H and O–H groups in total. The van der Waals surface area contributed by atoms with Crippen LogP contribution < -0.4 is 5.73 Å². The van der Waals surface area contributed by atoms with Crippen LogP contribution in [0.2, 0.25) is 0 Å². The molecular formula is C14H21N5O2. The first kappa shape index (κ1) is 14.1. The molecule has 1 unspecified atom stereocenters. The quantitative estimate of drug-likeness (QED) is 0.814. The number of aryl methyl sites for hydroxylation is 1. The molecule has 1 saturated carbocycles. The van der Waals surface area contributed by atoms with Crippen LogP contribution in [0.15, 0.2) is 12.4 Å². The number of carbonyl (C=O) groups excluding carboxylic acids is 2. The summed E-state index contributed by atoms with van der Waals surface area (Å²) < 4.78 is 1.63. The average molecular weight is 291 g/mol. The van der Waals surface area contributed by atoms with E-state index in [-0.39, 0.29) is 17.7 Å². The van der Waals surface area contributed by atoms with Gasteiger partial charge in [0.05, 0.1) is 6.20 Å². The van der Waals surface area contributed by atoms with E-state index in [4.69, 9.17) is 5.73 Å². The summed E-state index contributed by atoms with van der Waals surface area (Å²) in [5, 5.41) is 4.04. The highest BCUT2D eigenvalue weighted by molar-refractivity contribution is 5.84. The van der Waals surface area contributed by atoms with Gasteiger partial charge in [-0.3, -0.25) is 14.3 Å². The summed E-state index contributed by atoms with van der Waals surface area (Å²) in [4.78, 5) is 28.0. The third-order valence-corrected chi connectivity index (χ3v) is 4.18. The Morgan fingerprint density at radius 1 is 1.24 bits per heavy atom. The van der Waals surface area contributed by atoms with Crippen molar-refractivity contribution in [2.45, 2.75) is 18.9 Å². The molecule has 114 valence electrons. The van der Waals surface area contributed by atoms with Crippen molar-refractivity contribution in [3.63, 3.8) is 0 Å². The van der Waals surface area contributed by atoms with Gasteiger partial charge in [0.15, 0.2) is 0 Å². The van der Waals surface area contributed by atoms with Crippen LogP contribution in [0, 0.1) is 5.92 Å². The first-order valence-corrected chi connectivity index (χ1v) is 7.38. The number of rotatable bonds is 3. The molecule has 21 heavy (non-hydrogen) atoms. The highest BCUT2D eigenvalue weighted by Crippen LogP contribution is 2.31. The maximum atomic E-state index is 12.4. The van der Waals surface area contributed by atoms with Crippen LogP contribution in [-0.4, -0.2) is 57.6 Å². The number of hydrogen-bond acceptors (Lipinski definition) is 4. The number of piperazine rings is 1. The van der Waals surface area contributed by atoms with E-state index in [1.807, 2.05) is 4.90 Å². The lowest BCUT2D eigenvalue weighted by Gasteiger charge is -2.36. The molecule has 1 aromatic heterocycles. The molecule has 2 aliphatic rings. The SMILES string of the molecule is Cn1cc(C(N)C(=O)N2CCN(C(=O)C3CC3)CC2)cn1. The van der Waals surface area contributed by atoms with Crippen molar-refractivity contribution in [2.75, 3.05) is 26.2 Å². The molecule has 0 aromatic carbocycles. The van der Waals surface area contributed by atoms with E-state index in [1.54, 1.807) is 29.0 Å². The third-order valence-electron chi connectivity index (χ3n) is 4.18. The van der Waals surface area contributed by atoms with Crippen molar-refractivity contribution in [1.82, 2.24) is 19.6 Å². The van der Waals surface area contributed by atoms with Crippen LogP contribution in [0.1, 0.15) is 24.4 Å². The molecule has 3 rings (SSSR count). The molecule has 2 fully saturated rings. The van der Waals surface area contributed by atoms with Gasteiger partial charge >= 0.3 is 0 Å². The fraction of sp³-hybridized carbons (Fsp3) is 0.643. The average Bonchev–Trinajstić information content (AvgIpc) is 3.27. The minimum atomic E-state index is -0.676. The molecule has 7 heteroatoms. The van der Waals surface area contributed by atoms with Crippen LogP contribution in [-0.2, 0) is 16.6 Å². The van der Waals surface area contributed by atoms with Gasteiger partial charge in [0, 0.05) is 50.9 Å². The molecule has 1 aliphatic carbocycles. The topological polar surface area (TPSA) is 84.5 Å². The Balaban J connectivity index is 1.56. The Hall–Kier alpha value is -1.89. The van der Waals surface area contributed by atoms with Gasteiger partial charge in [-0.15, -0.1) is 0 Å². The minimum absolute atomic E-state index is 0.0958. The Morgan fingerprint density at radius 2 is 1.86 bits per heavy atom. The number of hydrogen-bond donors (Lipinski definition) is 1. The van der Waals surface area contributed by atoms with Gasteiger partial charge in [0.1, 0.15) is 6.04 Å². The van der Waals surface area contributed by atoms with E-state index in [2.05, 4.69) is 5.10 Å². The maximum Gasteiger partial charge on any atom is 0.244 e. The number of amides is 2. The molecule has 2 heterocycles. The largest absolute Gasteiger partial charge is 0.339 e. The molecule has 1 aliphatic heterocycles. The molecule has 0 spiro atoms. The predicted molar refractivity (Wildman–Crippen MR) is 76.0 cm³/mol. The Kier molecular flexibility index (Phi) is 3.67. The van der Waals surface area contributed by atoms with E-state index in [1.165, 1.54) is 0 Å². The molecule has 1 atom stereocenters. The van der Waals surface area contributed by atoms with E-state index in [9.17, 15) is 9.59 Å². The van der Waals surface area contributed by atoms with Crippen LogP contribution in [0.3, 0.4) is 0 Å². The summed E-state index contributed by atoms with van der Waals surface area (Å²) in [6.45, 7) is 2.35. The van der Waals surface area contributed by atoms with Crippen LogP contribution in [0.25, 0.3) is 0 Å². The van der Waals surface area contributed by atoms with E-state index in [0.29, 0.717) is 26.2 Å². The molecule has 0 radical (unpaired) electrons. The standard InChI is InChI=1S/C14H21N5O2/c1-17-9-11(8-16-17)12(15)14(21)19-6-4-18(5-7-19)13(20)10-2-3-10/h8-10,12H,2-7,15H2,1H3. The summed E-state index contributed by atoms with van der Waals surface area (Å²) in [6, 6.07) is -0.676. The number of aromatic nitrogens is 2. The first-order chi connectivity index (χ1) is 10.1. The van der Waals surface area contributed by atoms with Gasteiger partial charge in [0.25, 0.3) is 0 Å². The summed E-state index contributed by atoms with van der Waals surface area (Å²) in [7, 11) is 1.79. The van der Waals surface area contributed by atoms with E-state index < -0.39 is 6.04 Å². The predicted octanol–water partition coefficient (Wildman–Crippen LogP) is -0.499. The number of nitrogens with zero attached hydrogens (tertiary/aromatic N) is 4. The third kappa shape index (κ3) is 2.92. The van der Waals surface area contributed by atoms with Crippen molar-refractivity contribution in [1.29, 1.82) is 0 Å². The van der Waals surface area contributed by atoms with Gasteiger partial charge in [-0.1, -0.05) is 0 Å². The van der Waals surface area contributed by atoms with Gasteiger partial charge in [-0.2, -0.15) is 5.10 Å². The van der Waals surface area contributed by atoms with Crippen LogP contribution >= 0.6 is 0 Å². The molecule has 2 amide bonds. The second-order valence-corrected chi connectivity index (χ2v) is 5.85. The zero-order chi connectivity index (χ0) is 15.0. The molecule has 0 bridgehead atoms.